The van der Waals surface area contributed by atoms with Crippen LogP contribution < -0.4 is 0 Å². The third-order valence-corrected chi connectivity index (χ3v) is 4.81. The number of hydrogen-bond acceptors (Lipinski definition) is 5. The molecule has 0 atom stereocenters. The van der Waals surface area contributed by atoms with Crippen LogP contribution in [0.2, 0.25) is 0 Å². The van der Waals surface area contributed by atoms with Gasteiger partial charge in [-0.1, -0.05) is 42.5 Å². The van der Waals surface area contributed by atoms with Gasteiger partial charge in [0, 0.05) is 24.5 Å². The lowest BCUT2D eigenvalue weighted by Gasteiger charge is -2.01. The summed E-state index contributed by atoms with van der Waals surface area (Å²) in [4.78, 5) is 16.7. The van der Waals surface area contributed by atoms with E-state index in [-0.39, 0.29) is 23.2 Å². The molecule has 0 saturated heterocycles. The maximum absolute atomic E-state index is 13.3. The zero-order valence-electron chi connectivity index (χ0n) is 16.6. The molecular formula is C24H20FN3O3. The van der Waals surface area contributed by atoms with Crippen molar-refractivity contribution in [3.63, 3.8) is 0 Å². The van der Waals surface area contributed by atoms with Gasteiger partial charge < -0.3 is 9.52 Å². The first-order valence-electron chi connectivity index (χ1n) is 9.79. The lowest BCUT2D eigenvalue weighted by atomic mass is 10.0. The molecular weight excluding hydrogens is 397 g/mol. The van der Waals surface area contributed by atoms with Crippen LogP contribution >= 0.6 is 0 Å². The maximum atomic E-state index is 13.3. The summed E-state index contributed by atoms with van der Waals surface area (Å²) < 4.78 is 19.1. The highest BCUT2D eigenvalue weighted by Crippen LogP contribution is 2.23. The van der Waals surface area contributed by atoms with Gasteiger partial charge in [-0.2, -0.15) is 5.10 Å². The van der Waals surface area contributed by atoms with Crippen LogP contribution in [-0.2, 0) is 19.3 Å². The number of aryl methyl sites for hydroxylation is 2. The first kappa shape index (κ1) is 20.3. The summed E-state index contributed by atoms with van der Waals surface area (Å²) in [5.74, 6) is -0.365. The number of allylic oxidation sites excluding steroid dienone is 1. The number of ketones is 1. The number of aromatic nitrogens is 3. The molecule has 0 aliphatic rings. The molecule has 2 heterocycles. The predicted octanol–water partition coefficient (Wildman–Crippen LogP) is 4.69. The summed E-state index contributed by atoms with van der Waals surface area (Å²) >= 11 is 0. The number of aromatic amines is 1. The van der Waals surface area contributed by atoms with E-state index < -0.39 is 5.78 Å². The van der Waals surface area contributed by atoms with Gasteiger partial charge in [-0.15, -0.1) is 0 Å². The van der Waals surface area contributed by atoms with Crippen molar-refractivity contribution < 1.29 is 18.7 Å². The Bertz CT molecular complexity index is 1180. The number of benzene rings is 2. The number of halogens is 1. The standard InChI is InChI=1S/C24H20FN3O3/c25-19-9-6-17(7-10-19)12-18-13-20(11-8-16-4-2-1-3-5-16)31-23(18)21(29)14-22(30)24-26-15-27-28-24/h1-7,9-10,13-15,30H,8,11-12H2,(H,26,27,28). The molecule has 0 radical (unpaired) electrons. The number of carbonyl (C=O) groups excluding carboxylic acids is 1. The fraction of sp³-hybridized carbons (Fsp3) is 0.125. The number of nitrogens with zero attached hydrogens (tertiary/aromatic N) is 2. The van der Waals surface area contributed by atoms with E-state index >= 15 is 0 Å². The second kappa shape index (κ2) is 9.21. The van der Waals surface area contributed by atoms with Crippen LogP contribution in [0.3, 0.4) is 0 Å². The van der Waals surface area contributed by atoms with E-state index in [1.54, 1.807) is 12.1 Å². The molecule has 0 fully saturated rings. The normalized spacial score (nSPS) is 11.6. The van der Waals surface area contributed by atoms with Crippen LogP contribution in [0, 0.1) is 5.82 Å². The predicted molar refractivity (Wildman–Crippen MR) is 113 cm³/mol. The van der Waals surface area contributed by atoms with Gasteiger partial charge in [0.15, 0.2) is 11.5 Å². The summed E-state index contributed by atoms with van der Waals surface area (Å²) in [5.41, 5.74) is 2.67. The minimum absolute atomic E-state index is 0.0179. The first-order valence-corrected chi connectivity index (χ1v) is 9.79. The molecule has 2 N–H and O–H groups in total. The zero-order chi connectivity index (χ0) is 21.6. The monoisotopic (exact) mass is 417 g/mol. The number of H-pyrrole nitrogens is 1. The van der Waals surface area contributed by atoms with Crippen molar-refractivity contribution in [3.8, 4) is 0 Å². The van der Waals surface area contributed by atoms with Crippen molar-refractivity contribution in [2.75, 3.05) is 0 Å². The Hall–Kier alpha value is -4.00. The Morgan fingerprint density at radius 1 is 1.06 bits per heavy atom. The minimum Gasteiger partial charge on any atom is -0.504 e. The SMILES string of the molecule is O=C(C=C(O)c1nc[nH]n1)c1oc(CCc2ccccc2)cc1Cc1ccc(F)cc1. The number of furan rings is 1. The lowest BCUT2D eigenvalue weighted by Crippen LogP contribution is -2.00. The van der Waals surface area contributed by atoms with Gasteiger partial charge in [0.05, 0.1) is 0 Å². The Morgan fingerprint density at radius 2 is 1.84 bits per heavy atom. The Balaban J connectivity index is 1.60. The maximum Gasteiger partial charge on any atom is 0.225 e. The molecule has 156 valence electrons. The van der Waals surface area contributed by atoms with E-state index in [9.17, 15) is 14.3 Å². The molecule has 31 heavy (non-hydrogen) atoms. The average Bonchev–Trinajstić information content (AvgIpc) is 3.45. The number of carbonyl (C=O) groups is 1. The Morgan fingerprint density at radius 3 is 2.55 bits per heavy atom. The van der Waals surface area contributed by atoms with E-state index in [4.69, 9.17) is 4.42 Å². The van der Waals surface area contributed by atoms with E-state index in [1.165, 1.54) is 18.5 Å². The van der Waals surface area contributed by atoms with Gasteiger partial charge in [-0.3, -0.25) is 9.89 Å². The van der Waals surface area contributed by atoms with Crippen LogP contribution in [0.25, 0.3) is 5.76 Å². The molecule has 0 spiro atoms. The van der Waals surface area contributed by atoms with Crippen LogP contribution in [0.1, 0.15) is 38.8 Å². The van der Waals surface area contributed by atoms with Crippen molar-refractivity contribution in [3.05, 3.63) is 113 Å². The fourth-order valence-electron chi connectivity index (χ4n) is 3.27. The second-order valence-electron chi connectivity index (χ2n) is 7.07. The number of rotatable bonds is 8. The van der Waals surface area contributed by atoms with Crippen molar-refractivity contribution in [2.45, 2.75) is 19.3 Å². The van der Waals surface area contributed by atoms with Crippen LogP contribution in [0.15, 0.2) is 77.5 Å². The molecule has 4 rings (SSSR count). The summed E-state index contributed by atoms with van der Waals surface area (Å²) in [6, 6.07) is 17.9. The number of aliphatic hydroxyl groups excluding tert-OH is 1. The van der Waals surface area contributed by atoms with Crippen molar-refractivity contribution >= 4 is 11.5 Å². The molecule has 2 aromatic carbocycles. The quantitative estimate of drug-likeness (QED) is 0.246. The highest BCUT2D eigenvalue weighted by molar-refractivity contribution is 6.06. The highest BCUT2D eigenvalue weighted by atomic mass is 19.1. The molecule has 2 aromatic heterocycles. The van der Waals surface area contributed by atoms with E-state index in [2.05, 4.69) is 15.2 Å². The highest BCUT2D eigenvalue weighted by Gasteiger charge is 2.19. The van der Waals surface area contributed by atoms with Crippen molar-refractivity contribution in [1.82, 2.24) is 15.2 Å². The second-order valence-corrected chi connectivity index (χ2v) is 7.07. The number of nitrogens with one attached hydrogen (secondary N) is 1. The lowest BCUT2D eigenvalue weighted by molar-refractivity contribution is 0.101. The summed E-state index contributed by atoms with van der Waals surface area (Å²) in [6.07, 6.45) is 4.11. The average molecular weight is 417 g/mol. The van der Waals surface area contributed by atoms with Gasteiger partial charge in [-0.05, 0) is 35.7 Å². The van der Waals surface area contributed by atoms with Gasteiger partial charge in [0.1, 0.15) is 17.9 Å². The number of hydrogen-bond donors (Lipinski definition) is 2. The third-order valence-electron chi connectivity index (χ3n) is 4.81. The molecule has 0 aliphatic carbocycles. The topological polar surface area (TPSA) is 92.0 Å². The molecule has 0 bridgehead atoms. The summed E-state index contributed by atoms with van der Waals surface area (Å²) in [5, 5.41) is 16.4. The molecule has 0 aliphatic heterocycles. The molecule has 0 amide bonds. The van der Waals surface area contributed by atoms with Gasteiger partial charge in [0.25, 0.3) is 0 Å². The summed E-state index contributed by atoms with van der Waals surface area (Å²) in [6.45, 7) is 0. The van der Waals surface area contributed by atoms with E-state index in [0.717, 1.165) is 23.6 Å². The Labute approximate surface area is 178 Å². The first-order chi connectivity index (χ1) is 15.1. The third kappa shape index (κ3) is 5.14. The largest absolute Gasteiger partial charge is 0.504 e. The molecule has 4 aromatic rings. The Kier molecular flexibility index (Phi) is 6.03. The van der Waals surface area contributed by atoms with Gasteiger partial charge in [-0.25, -0.2) is 9.37 Å². The van der Waals surface area contributed by atoms with E-state index in [0.29, 0.717) is 24.2 Å². The van der Waals surface area contributed by atoms with Gasteiger partial charge in [0.2, 0.25) is 11.6 Å². The van der Waals surface area contributed by atoms with Gasteiger partial charge >= 0.3 is 0 Å². The van der Waals surface area contributed by atoms with Crippen LogP contribution in [0.4, 0.5) is 4.39 Å². The molecule has 7 heteroatoms. The van der Waals surface area contributed by atoms with E-state index in [1.807, 2.05) is 36.4 Å². The molecule has 0 unspecified atom stereocenters. The van der Waals surface area contributed by atoms with Crippen LogP contribution in [-0.4, -0.2) is 26.1 Å². The fourth-order valence-corrected chi connectivity index (χ4v) is 3.27. The van der Waals surface area contributed by atoms with Crippen molar-refractivity contribution in [2.24, 2.45) is 0 Å². The number of aliphatic hydroxyl groups is 1. The smallest absolute Gasteiger partial charge is 0.225 e. The van der Waals surface area contributed by atoms with Crippen molar-refractivity contribution in [1.29, 1.82) is 0 Å². The minimum atomic E-state index is -0.495. The van der Waals surface area contributed by atoms with Crippen LogP contribution in [0.5, 0.6) is 0 Å². The molecule has 0 saturated carbocycles. The zero-order valence-corrected chi connectivity index (χ0v) is 16.6. The summed E-state index contributed by atoms with van der Waals surface area (Å²) in [7, 11) is 0. The molecule has 6 nitrogen and oxygen atoms in total.